The summed E-state index contributed by atoms with van der Waals surface area (Å²) < 4.78 is 0. The Bertz CT molecular complexity index is 126. The average molecular weight is 201 g/mol. The molecule has 0 heterocycles. The third-order valence-corrected chi connectivity index (χ3v) is 2.66. The van der Waals surface area contributed by atoms with E-state index in [0.29, 0.717) is 6.04 Å². The summed E-state index contributed by atoms with van der Waals surface area (Å²) in [6, 6.07) is 0.632. The van der Waals surface area contributed by atoms with Crippen LogP contribution in [-0.4, -0.2) is 56.1 Å². The molecule has 0 rings (SSSR count). The van der Waals surface area contributed by atoms with Gasteiger partial charge in [0.1, 0.15) is 0 Å². The number of hydrogen-bond acceptors (Lipinski definition) is 3. The van der Waals surface area contributed by atoms with Crippen LogP contribution in [0.2, 0.25) is 0 Å². The molecule has 0 aliphatic rings. The van der Waals surface area contributed by atoms with Crippen molar-refractivity contribution >= 4 is 0 Å². The van der Waals surface area contributed by atoms with Crippen molar-refractivity contribution in [1.82, 2.24) is 9.80 Å². The lowest BCUT2D eigenvalue weighted by Crippen LogP contribution is -2.36. The van der Waals surface area contributed by atoms with Gasteiger partial charge in [-0.05, 0) is 60.0 Å². The zero-order chi connectivity index (χ0) is 11.0. The molecule has 2 N–H and O–H groups in total. The predicted octanol–water partition coefficient (Wildman–Crippen LogP) is 0.997. The molecule has 0 aliphatic heterocycles. The largest absolute Gasteiger partial charge is 0.330 e. The molecule has 86 valence electrons. The number of nitrogens with two attached hydrogens (primary N) is 1. The van der Waals surface area contributed by atoms with Gasteiger partial charge in [-0.2, -0.15) is 0 Å². The number of rotatable bonds is 8. The van der Waals surface area contributed by atoms with E-state index < -0.39 is 0 Å². The number of hydrogen-bond donors (Lipinski definition) is 1. The second-order valence-electron chi connectivity index (χ2n) is 4.21. The highest BCUT2D eigenvalue weighted by molar-refractivity contribution is 4.66. The average Bonchev–Trinajstić information content (AvgIpc) is 2.12. The Balaban J connectivity index is 3.66. The van der Waals surface area contributed by atoms with Crippen LogP contribution in [0.3, 0.4) is 0 Å². The van der Waals surface area contributed by atoms with Gasteiger partial charge in [0, 0.05) is 6.04 Å². The van der Waals surface area contributed by atoms with E-state index in [2.05, 4.69) is 37.7 Å². The monoisotopic (exact) mass is 201 g/mol. The van der Waals surface area contributed by atoms with Crippen LogP contribution in [0.5, 0.6) is 0 Å². The second kappa shape index (κ2) is 8.21. The molecule has 0 fully saturated rings. The Morgan fingerprint density at radius 3 is 2.29 bits per heavy atom. The van der Waals surface area contributed by atoms with Crippen LogP contribution < -0.4 is 5.73 Å². The first-order chi connectivity index (χ1) is 6.61. The maximum atomic E-state index is 5.56. The van der Waals surface area contributed by atoms with E-state index in [4.69, 9.17) is 5.73 Å². The predicted molar refractivity (Wildman–Crippen MR) is 63.6 cm³/mol. The van der Waals surface area contributed by atoms with E-state index in [1.807, 2.05) is 0 Å². The Kier molecular flexibility index (Phi) is 8.14. The summed E-state index contributed by atoms with van der Waals surface area (Å²) in [5.74, 6) is 0. The molecule has 0 aromatic carbocycles. The van der Waals surface area contributed by atoms with Crippen LogP contribution in [0, 0.1) is 0 Å². The fraction of sp³-hybridized carbons (Fsp3) is 1.00. The highest BCUT2D eigenvalue weighted by Crippen LogP contribution is 2.03. The van der Waals surface area contributed by atoms with Gasteiger partial charge < -0.3 is 15.5 Å². The van der Waals surface area contributed by atoms with Gasteiger partial charge in [-0.15, -0.1) is 0 Å². The van der Waals surface area contributed by atoms with E-state index in [0.717, 1.165) is 19.5 Å². The summed E-state index contributed by atoms with van der Waals surface area (Å²) in [6.07, 6.45) is 2.35. The molecule has 1 atom stereocenters. The van der Waals surface area contributed by atoms with E-state index in [9.17, 15) is 0 Å². The molecule has 0 aliphatic carbocycles. The lowest BCUT2D eigenvalue weighted by molar-refractivity contribution is 0.201. The Morgan fingerprint density at radius 2 is 1.86 bits per heavy atom. The molecule has 0 radical (unpaired) electrons. The van der Waals surface area contributed by atoms with Gasteiger partial charge in [-0.25, -0.2) is 0 Å². The molecule has 0 bridgehead atoms. The minimum atomic E-state index is 0.632. The third-order valence-electron chi connectivity index (χ3n) is 2.66. The van der Waals surface area contributed by atoms with Gasteiger partial charge in [0.2, 0.25) is 0 Å². The first-order valence-electron chi connectivity index (χ1n) is 5.70. The quantitative estimate of drug-likeness (QED) is 0.636. The first-order valence-corrected chi connectivity index (χ1v) is 5.70. The van der Waals surface area contributed by atoms with Crippen LogP contribution >= 0.6 is 0 Å². The van der Waals surface area contributed by atoms with Crippen molar-refractivity contribution in [3.8, 4) is 0 Å². The van der Waals surface area contributed by atoms with Crippen molar-refractivity contribution in [2.45, 2.75) is 32.7 Å². The van der Waals surface area contributed by atoms with Crippen molar-refractivity contribution in [2.75, 3.05) is 40.3 Å². The molecule has 0 saturated heterocycles. The summed E-state index contributed by atoms with van der Waals surface area (Å²) in [6.45, 7) is 8.79. The van der Waals surface area contributed by atoms with E-state index in [-0.39, 0.29) is 0 Å². The van der Waals surface area contributed by atoms with Crippen LogP contribution in [0.15, 0.2) is 0 Å². The van der Waals surface area contributed by atoms with Gasteiger partial charge in [0.05, 0.1) is 0 Å². The van der Waals surface area contributed by atoms with E-state index in [1.54, 1.807) is 0 Å². The summed E-state index contributed by atoms with van der Waals surface area (Å²) in [4.78, 5) is 4.75. The highest BCUT2D eigenvalue weighted by Gasteiger charge is 2.10. The van der Waals surface area contributed by atoms with E-state index >= 15 is 0 Å². The first kappa shape index (κ1) is 13.9. The minimum Gasteiger partial charge on any atom is -0.330 e. The van der Waals surface area contributed by atoms with Crippen LogP contribution in [-0.2, 0) is 0 Å². The van der Waals surface area contributed by atoms with Crippen molar-refractivity contribution in [1.29, 1.82) is 0 Å². The number of nitrogens with zero attached hydrogens (tertiary/aromatic N) is 2. The Labute approximate surface area is 89.2 Å². The fourth-order valence-electron chi connectivity index (χ4n) is 1.70. The molecule has 1 unspecified atom stereocenters. The zero-order valence-electron chi connectivity index (χ0n) is 10.3. The van der Waals surface area contributed by atoms with Crippen molar-refractivity contribution < 1.29 is 0 Å². The SMILES string of the molecule is CCN(CCCN(C)C)C(C)CCN. The zero-order valence-corrected chi connectivity index (χ0v) is 10.3. The lowest BCUT2D eigenvalue weighted by atomic mass is 10.2. The Hall–Kier alpha value is -0.120. The van der Waals surface area contributed by atoms with Gasteiger partial charge >= 0.3 is 0 Å². The molecular weight excluding hydrogens is 174 g/mol. The van der Waals surface area contributed by atoms with Crippen LogP contribution in [0.1, 0.15) is 26.7 Å². The molecule has 0 aromatic rings. The summed E-state index contributed by atoms with van der Waals surface area (Å²) >= 11 is 0. The minimum absolute atomic E-state index is 0.632. The van der Waals surface area contributed by atoms with E-state index in [1.165, 1.54) is 19.5 Å². The van der Waals surface area contributed by atoms with Gasteiger partial charge in [-0.1, -0.05) is 6.92 Å². The van der Waals surface area contributed by atoms with Gasteiger partial charge in [0.25, 0.3) is 0 Å². The molecule has 0 amide bonds. The summed E-state index contributed by atoms with van der Waals surface area (Å²) in [7, 11) is 4.25. The van der Waals surface area contributed by atoms with Crippen molar-refractivity contribution in [2.24, 2.45) is 5.73 Å². The van der Waals surface area contributed by atoms with Gasteiger partial charge in [-0.3, -0.25) is 0 Å². The summed E-state index contributed by atoms with van der Waals surface area (Å²) in [5.41, 5.74) is 5.56. The lowest BCUT2D eigenvalue weighted by Gasteiger charge is -2.27. The maximum Gasteiger partial charge on any atom is 0.00788 e. The normalized spacial score (nSPS) is 13.9. The molecule has 0 aromatic heterocycles. The van der Waals surface area contributed by atoms with Crippen molar-refractivity contribution in [3.05, 3.63) is 0 Å². The smallest absolute Gasteiger partial charge is 0.00788 e. The molecular formula is C11H27N3. The summed E-state index contributed by atoms with van der Waals surface area (Å²) in [5, 5.41) is 0. The fourth-order valence-corrected chi connectivity index (χ4v) is 1.70. The maximum absolute atomic E-state index is 5.56. The molecule has 3 nitrogen and oxygen atoms in total. The van der Waals surface area contributed by atoms with Crippen LogP contribution in [0.25, 0.3) is 0 Å². The molecule has 14 heavy (non-hydrogen) atoms. The highest BCUT2D eigenvalue weighted by atomic mass is 15.1. The molecule has 0 saturated carbocycles. The Morgan fingerprint density at radius 1 is 1.21 bits per heavy atom. The molecule has 3 heteroatoms. The van der Waals surface area contributed by atoms with Gasteiger partial charge in [0.15, 0.2) is 0 Å². The third kappa shape index (κ3) is 6.35. The second-order valence-corrected chi connectivity index (χ2v) is 4.21. The van der Waals surface area contributed by atoms with Crippen LogP contribution in [0.4, 0.5) is 0 Å². The topological polar surface area (TPSA) is 32.5 Å². The molecule has 0 spiro atoms. The standard InChI is InChI=1S/C11H27N3/c1-5-14(11(2)7-8-12)10-6-9-13(3)4/h11H,5-10,12H2,1-4H3. The van der Waals surface area contributed by atoms with Crippen molar-refractivity contribution in [3.63, 3.8) is 0 Å².